The molecule has 1 unspecified atom stereocenters. The van der Waals surface area contributed by atoms with Gasteiger partial charge < -0.3 is 24.8 Å². The molecule has 2 aromatic rings. The number of rotatable bonds is 2. The van der Waals surface area contributed by atoms with E-state index in [1.54, 1.807) is 14.4 Å². The fraction of sp³-hybridized carbons (Fsp3) is 0.200. The van der Waals surface area contributed by atoms with E-state index >= 15 is 0 Å². The Morgan fingerprint density at radius 3 is 1.83 bits per heavy atom. The molecule has 23 heavy (non-hydrogen) atoms. The summed E-state index contributed by atoms with van der Waals surface area (Å²) < 4.78 is 2.46. The Bertz CT molecular complexity index is 731. The third kappa shape index (κ3) is 3.16. The molecule has 0 N–H and O–H groups in total. The van der Waals surface area contributed by atoms with Crippen molar-refractivity contribution in [1.29, 1.82) is 0 Å². The Morgan fingerprint density at radius 2 is 1.35 bits per heavy atom. The minimum absolute atomic E-state index is 0. The molecule has 0 heterocycles. The van der Waals surface area contributed by atoms with Crippen LogP contribution >= 0.6 is 0 Å². The van der Waals surface area contributed by atoms with Gasteiger partial charge in [-0.05, 0) is 0 Å². The van der Waals surface area contributed by atoms with E-state index in [0.29, 0.717) is 9.54 Å². The molecule has 0 fully saturated rings. The molecule has 0 amide bonds. The summed E-state index contributed by atoms with van der Waals surface area (Å²) in [7, 11) is 0. The molecule has 0 radical (unpaired) electrons. The smallest absolute Gasteiger partial charge is 1.00 e. The van der Waals surface area contributed by atoms with Gasteiger partial charge >= 0.3 is 138 Å². The van der Waals surface area contributed by atoms with Crippen LogP contribution in [0.5, 0.6) is 0 Å². The number of benzene rings is 2. The van der Waals surface area contributed by atoms with Gasteiger partial charge in [0.15, 0.2) is 0 Å². The maximum Gasteiger partial charge on any atom is -1.00 e. The first-order valence-electron chi connectivity index (χ1n) is 7.59. The van der Waals surface area contributed by atoms with Crippen molar-refractivity contribution in [3.05, 3.63) is 80.7 Å². The Hall–Kier alpha value is -0.617. The second-order valence-electron chi connectivity index (χ2n) is 6.00. The summed E-state index contributed by atoms with van der Waals surface area (Å²) in [5, 5.41) is 0. The van der Waals surface area contributed by atoms with Gasteiger partial charge in [-0.2, -0.15) is 0 Å². The minimum Gasteiger partial charge on any atom is -1.00 e. The van der Waals surface area contributed by atoms with Crippen LogP contribution < -0.4 is 24.8 Å². The van der Waals surface area contributed by atoms with Crippen molar-refractivity contribution < 1.29 is 48.0 Å². The van der Waals surface area contributed by atoms with E-state index in [4.69, 9.17) is 0 Å². The first-order chi connectivity index (χ1) is 10.3. The molecule has 0 saturated heterocycles. The van der Waals surface area contributed by atoms with Gasteiger partial charge in [-0.25, -0.2) is 0 Å². The Morgan fingerprint density at radius 1 is 0.826 bits per heavy atom. The first kappa shape index (κ1) is 18.7. The largest absolute Gasteiger partial charge is 1.00 e. The molecular formula is C20H18Cl2Zr. The Balaban J connectivity index is 0.000000960. The van der Waals surface area contributed by atoms with Crippen LogP contribution in [0, 0.1) is 5.92 Å². The molecule has 0 saturated carbocycles. The number of allylic oxidation sites excluding steroid dienone is 4. The number of hydrogen-bond donors (Lipinski definition) is 0. The third-order valence-corrected chi connectivity index (χ3v) is 9.74. The molecule has 0 spiro atoms. The van der Waals surface area contributed by atoms with Gasteiger partial charge in [-0.1, -0.05) is 0 Å². The monoisotopic (exact) mass is 418 g/mol. The Kier molecular flexibility index (Phi) is 6.12. The Labute approximate surface area is 162 Å². The second-order valence-corrected chi connectivity index (χ2v) is 9.45. The predicted molar refractivity (Wildman–Crippen MR) is 84.7 cm³/mol. The van der Waals surface area contributed by atoms with Crippen LogP contribution in [-0.4, -0.2) is 0 Å². The average Bonchev–Trinajstić information content (AvgIpc) is 3.01. The molecule has 2 aromatic carbocycles. The SMILES string of the molecule is CC1=[C]([Zr+2][CH]2c3ccccc3-c3ccccc32)C(C)C=C1.[Cl-].[Cl-]. The average molecular weight is 420 g/mol. The van der Waals surface area contributed by atoms with E-state index in [9.17, 15) is 0 Å². The van der Waals surface area contributed by atoms with E-state index in [1.165, 1.54) is 16.7 Å². The van der Waals surface area contributed by atoms with Gasteiger partial charge in [0.2, 0.25) is 0 Å². The molecule has 2 aliphatic carbocycles. The second kappa shape index (κ2) is 7.51. The number of halogens is 2. The third-order valence-electron chi connectivity index (χ3n) is 4.65. The summed E-state index contributed by atoms with van der Waals surface area (Å²) in [5.74, 6) is 0.663. The van der Waals surface area contributed by atoms with E-state index in [2.05, 4.69) is 74.5 Å². The van der Waals surface area contributed by atoms with Crippen LogP contribution in [0.1, 0.15) is 28.6 Å². The minimum atomic E-state index is -0.662. The van der Waals surface area contributed by atoms with Crippen molar-refractivity contribution in [3.63, 3.8) is 0 Å². The zero-order valence-electron chi connectivity index (χ0n) is 13.2. The topological polar surface area (TPSA) is 0 Å². The molecule has 1 atom stereocenters. The van der Waals surface area contributed by atoms with Gasteiger partial charge in [0.25, 0.3) is 0 Å². The van der Waals surface area contributed by atoms with Crippen molar-refractivity contribution >= 4 is 0 Å². The zero-order valence-corrected chi connectivity index (χ0v) is 17.2. The van der Waals surface area contributed by atoms with Crippen LogP contribution in [0.25, 0.3) is 11.1 Å². The van der Waals surface area contributed by atoms with Crippen LogP contribution in [0.2, 0.25) is 0 Å². The first-order valence-corrected chi connectivity index (χ1v) is 10.2. The number of hydrogen-bond acceptors (Lipinski definition) is 0. The molecule has 4 rings (SSSR count). The van der Waals surface area contributed by atoms with Gasteiger partial charge in [-0.3, -0.25) is 0 Å². The van der Waals surface area contributed by atoms with E-state index in [-0.39, 0.29) is 24.8 Å². The predicted octanol–water partition coefficient (Wildman–Crippen LogP) is -0.673. The molecule has 0 aromatic heterocycles. The summed E-state index contributed by atoms with van der Waals surface area (Å²) >= 11 is -0.662. The van der Waals surface area contributed by atoms with Crippen molar-refractivity contribution in [1.82, 2.24) is 0 Å². The summed E-state index contributed by atoms with van der Waals surface area (Å²) in [6.07, 6.45) is 4.70. The quantitative estimate of drug-likeness (QED) is 0.605. The summed E-state index contributed by atoms with van der Waals surface area (Å²) in [4.78, 5) is 0. The number of fused-ring (bicyclic) bond motifs is 3. The van der Waals surface area contributed by atoms with E-state index < -0.39 is 23.2 Å². The van der Waals surface area contributed by atoms with Crippen LogP contribution in [0.3, 0.4) is 0 Å². The van der Waals surface area contributed by atoms with Crippen molar-refractivity contribution in [3.8, 4) is 11.1 Å². The standard InChI is InChI=1S/C13H9.C7H9.2ClH.Zr/c1-3-7-12-10(5-1)9-11-6-2-4-8-13(11)12;1-6-3-4-7(2)5-6;;;/h1-9H;3-4,6H,1-2H3;2*1H;/q;;;;+2/p-2. The van der Waals surface area contributed by atoms with Crippen LogP contribution in [0.4, 0.5) is 0 Å². The van der Waals surface area contributed by atoms with Crippen molar-refractivity contribution in [2.45, 2.75) is 17.5 Å². The molecule has 0 bridgehead atoms. The molecule has 2 aliphatic rings. The fourth-order valence-electron chi connectivity index (χ4n) is 3.55. The van der Waals surface area contributed by atoms with Gasteiger partial charge in [0.1, 0.15) is 0 Å². The van der Waals surface area contributed by atoms with Crippen LogP contribution in [0.15, 0.2) is 69.5 Å². The van der Waals surface area contributed by atoms with Gasteiger partial charge in [0.05, 0.1) is 0 Å². The summed E-state index contributed by atoms with van der Waals surface area (Å²) in [6.45, 7) is 4.65. The van der Waals surface area contributed by atoms with E-state index in [1.807, 2.05) is 0 Å². The molecule has 0 nitrogen and oxygen atoms in total. The van der Waals surface area contributed by atoms with E-state index in [0.717, 1.165) is 0 Å². The molecular weight excluding hydrogens is 402 g/mol. The van der Waals surface area contributed by atoms with Gasteiger partial charge in [0, 0.05) is 0 Å². The normalized spacial score (nSPS) is 17.9. The summed E-state index contributed by atoms with van der Waals surface area (Å²) in [5.41, 5.74) is 7.62. The molecule has 116 valence electrons. The maximum absolute atomic E-state index is 2.37. The summed E-state index contributed by atoms with van der Waals surface area (Å²) in [6, 6.07) is 18.0. The molecule has 3 heteroatoms. The fourth-order valence-corrected chi connectivity index (χ4v) is 7.96. The maximum atomic E-state index is 2.37. The van der Waals surface area contributed by atoms with Crippen LogP contribution in [-0.2, 0) is 23.2 Å². The van der Waals surface area contributed by atoms with Crippen molar-refractivity contribution in [2.24, 2.45) is 5.92 Å². The zero-order chi connectivity index (χ0) is 14.4. The van der Waals surface area contributed by atoms with Gasteiger partial charge in [-0.15, -0.1) is 0 Å². The molecule has 0 aliphatic heterocycles. The van der Waals surface area contributed by atoms with Crippen molar-refractivity contribution in [2.75, 3.05) is 0 Å².